The first-order valence-electron chi connectivity index (χ1n) is 9.20. The number of hydrogen-bond acceptors (Lipinski definition) is 3. The van der Waals surface area contributed by atoms with Crippen molar-refractivity contribution in [3.8, 4) is 0 Å². The summed E-state index contributed by atoms with van der Waals surface area (Å²) >= 11 is 0. The Morgan fingerprint density at radius 3 is 2.48 bits per heavy atom. The molecule has 2 atom stereocenters. The normalized spacial score (nSPS) is 27.5. The first-order chi connectivity index (χ1) is 10.9. The number of carbonyl (C=O) groups excluding carboxylic acids is 2. The summed E-state index contributed by atoms with van der Waals surface area (Å²) in [4.78, 5) is 24.4. The molecule has 2 rings (SSSR count). The molecule has 5 heteroatoms. The van der Waals surface area contributed by atoms with Gasteiger partial charge in [-0.15, -0.1) is 0 Å². The smallest absolute Gasteiger partial charge is 0.223 e. The zero-order valence-corrected chi connectivity index (χ0v) is 14.6. The largest absolute Gasteiger partial charge is 0.389 e. The van der Waals surface area contributed by atoms with E-state index in [-0.39, 0.29) is 36.2 Å². The molecule has 0 aromatic rings. The zero-order chi connectivity index (χ0) is 16.9. The average Bonchev–Trinajstić information content (AvgIpc) is 2.46. The minimum absolute atomic E-state index is 0.00535. The molecule has 23 heavy (non-hydrogen) atoms. The van der Waals surface area contributed by atoms with Gasteiger partial charge in [0.1, 0.15) is 0 Å². The predicted molar refractivity (Wildman–Crippen MR) is 89.8 cm³/mol. The fourth-order valence-corrected chi connectivity index (χ4v) is 3.93. The molecule has 0 radical (unpaired) electrons. The van der Waals surface area contributed by atoms with Gasteiger partial charge in [-0.25, -0.2) is 0 Å². The minimum Gasteiger partial charge on any atom is -0.389 e. The Morgan fingerprint density at radius 2 is 1.83 bits per heavy atom. The van der Waals surface area contributed by atoms with E-state index in [4.69, 9.17) is 0 Å². The van der Waals surface area contributed by atoms with Gasteiger partial charge in [-0.05, 0) is 46.0 Å². The van der Waals surface area contributed by atoms with Crippen LogP contribution < -0.4 is 10.6 Å². The quantitative estimate of drug-likeness (QED) is 0.726. The van der Waals surface area contributed by atoms with Crippen LogP contribution in [0.25, 0.3) is 0 Å². The molecule has 0 aromatic heterocycles. The Hall–Kier alpha value is -1.10. The van der Waals surface area contributed by atoms with E-state index >= 15 is 0 Å². The monoisotopic (exact) mass is 324 g/mol. The van der Waals surface area contributed by atoms with Crippen LogP contribution in [0, 0.1) is 5.92 Å². The average molecular weight is 324 g/mol. The van der Waals surface area contributed by atoms with E-state index in [9.17, 15) is 14.7 Å². The summed E-state index contributed by atoms with van der Waals surface area (Å²) in [5, 5.41) is 16.5. The topological polar surface area (TPSA) is 78.4 Å². The van der Waals surface area contributed by atoms with Crippen LogP contribution in [0.3, 0.4) is 0 Å². The summed E-state index contributed by atoms with van der Waals surface area (Å²) in [5.41, 5.74) is -0.814. The molecule has 2 saturated carbocycles. The molecule has 0 bridgehead atoms. The molecular weight excluding hydrogens is 292 g/mol. The summed E-state index contributed by atoms with van der Waals surface area (Å²) in [6.45, 7) is 3.93. The Kier molecular flexibility index (Phi) is 6.45. The van der Waals surface area contributed by atoms with Gasteiger partial charge in [0, 0.05) is 18.0 Å². The Bertz CT molecular complexity index is 416. The van der Waals surface area contributed by atoms with Crippen molar-refractivity contribution in [3.05, 3.63) is 0 Å². The molecule has 0 heterocycles. The fourth-order valence-electron chi connectivity index (χ4n) is 3.93. The van der Waals surface area contributed by atoms with E-state index in [0.717, 1.165) is 51.4 Å². The lowest BCUT2D eigenvalue weighted by Gasteiger charge is -2.33. The molecule has 0 unspecified atom stereocenters. The second-order valence-corrected chi connectivity index (χ2v) is 7.75. The summed E-state index contributed by atoms with van der Waals surface area (Å²) in [6.07, 6.45) is 8.31. The van der Waals surface area contributed by atoms with Crippen LogP contribution in [0.4, 0.5) is 0 Å². The minimum atomic E-state index is -0.814. The summed E-state index contributed by atoms with van der Waals surface area (Å²) in [6, 6.07) is 0.212. The van der Waals surface area contributed by atoms with Crippen LogP contribution in [-0.2, 0) is 9.59 Å². The standard InChI is InChI=1S/C18H32N2O3/c1-13(2)19-17(22)14-7-6-8-15(11-14)20-16(21)12-18(23)9-4-3-5-10-18/h13-15,23H,3-12H2,1-2H3,(H,19,22)(H,20,21)/t14-,15-/m0/s1. The molecule has 0 aromatic carbocycles. The lowest BCUT2D eigenvalue weighted by Crippen LogP contribution is -2.46. The molecule has 2 aliphatic carbocycles. The zero-order valence-electron chi connectivity index (χ0n) is 14.6. The van der Waals surface area contributed by atoms with Crippen molar-refractivity contribution in [1.82, 2.24) is 10.6 Å². The van der Waals surface area contributed by atoms with Gasteiger partial charge in [-0.2, -0.15) is 0 Å². The highest BCUT2D eigenvalue weighted by Gasteiger charge is 2.33. The number of hydrogen-bond donors (Lipinski definition) is 3. The van der Waals surface area contributed by atoms with Crippen molar-refractivity contribution in [1.29, 1.82) is 0 Å². The van der Waals surface area contributed by atoms with Crippen molar-refractivity contribution < 1.29 is 14.7 Å². The number of carbonyl (C=O) groups is 2. The van der Waals surface area contributed by atoms with Crippen LogP contribution in [0.5, 0.6) is 0 Å². The molecular formula is C18H32N2O3. The van der Waals surface area contributed by atoms with Gasteiger partial charge >= 0.3 is 0 Å². The van der Waals surface area contributed by atoms with E-state index in [2.05, 4.69) is 10.6 Å². The third-order valence-electron chi connectivity index (χ3n) is 5.11. The number of nitrogens with one attached hydrogen (secondary N) is 2. The Balaban J connectivity index is 1.80. The van der Waals surface area contributed by atoms with Gasteiger partial charge in [-0.3, -0.25) is 9.59 Å². The lowest BCUT2D eigenvalue weighted by molar-refractivity contribution is -0.130. The van der Waals surface area contributed by atoms with Crippen LogP contribution in [0.1, 0.15) is 78.1 Å². The summed E-state index contributed by atoms with van der Waals surface area (Å²) in [5.74, 6) is 0.0309. The van der Waals surface area contributed by atoms with Crippen LogP contribution in [-0.4, -0.2) is 34.6 Å². The molecule has 2 fully saturated rings. The van der Waals surface area contributed by atoms with Gasteiger partial charge in [0.25, 0.3) is 0 Å². The van der Waals surface area contributed by atoms with E-state index in [0.29, 0.717) is 6.42 Å². The SMILES string of the molecule is CC(C)NC(=O)[C@H]1CCC[C@H](NC(=O)CC2(O)CCCCC2)C1. The number of amides is 2. The highest BCUT2D eigenvalue weighted by molar-refractivity contribution is 5.80. The molecule has 2 amide bonds. The molecule has 5 nitrogen and oxygen atoms in total. The molecule has 0 spiro atoms. The van der Waals surface area contributed by atoms with Crippen LogP contribution in [0.15, 0.2) is 0 Å². The van der Waals surface area contributed by atoms with E-state index in [1.165, 1.54) is 0 Å². The summed E-state index contributed by atoms with van der Waals surface area (Å²) < 4.78 is 0. The van der Waals surface area contributed by atoms with Crippen LogP contribution >= 0.6 is 0 Å². The van der Waals surface area contributed by atoms with Crippen molar-refractivity contribution in [3.63, 3.8) is 0 Å². The van der Waals surface area contributed by atoms with Crippen molar-refractivity contribution >= 4 is 11.8 Å². The molecule has 132 valence electrons. The van der Waals surface area contributed by atoms with Crippen molar-refractivity contribution in [2.45, 2.75) is 95.7 Å². The number of aliphatic hydroxyl groups is 1. The van der Waals surface area contributed by atoms with E-state index < -0.39 is 5.60 Å². The maximum atomic E-state index is 12.3. The second-order valence-electron chi connectivity index (χ2n) is 7.75. The second kappa shape index (κ2) is 8.13. The first kappa shape index (κ1) is 18.2. The maximum Gasteiger partial charge on any atom is 0.223 e. The molecule has 0 saturated heterocycles. The highest BCUT2D eigenvalue weighted by Crippen LogP contribution is 2.31. The maximum absolute atomic E-state index is 12.3. The predicted octanol–water partition coefficient (Wildman–Crippen LogP) is 2.27. The van der Waals surface area contributed by atoms with Gasteiger partial charge in [0.2, 0.25) is 11.8 Å². The van der Waals surface area contributed by atoms with Gasteiger partial charge in [0.05, 0.1) is 12.0 Å². The van der Waals surface area contributed by atoms with Crippen LogP contribution in [0.2, 0.25) is 0 Å². The molecule has 3 N–H and O–H groups in total. The van der Waals surface area contributed by atoms with E-state index in [1.807, 2.05) is 13.8 Å². The third kappa shape index (κ3) is 5.79. The Labute approximate surface area is 139 Å². The third-order valence-corrected chi connectivity index (χ3v) is 5.11. The lowest BCUT2D eigenvalue weighted by atomic mass is 9.81. The van der Waals surface area contributed by atoms with Gasteiger partial charge in [-0.1, -0.05) is 25.7 Å². The fraction of sp³-hybridized carbons (Fsp3) is 0.889. The Morgan fingerprint density at radius 1 is 1.13 bits per heavy atom. The number of rotatable bonds is 5. The van der Waals surface area contributed by atoms with Crippen molar-refractivity contribution in [2.75, 3.05) is 0 Å². The van der Waals surface area contributed by atoms with Crippen molar-refractivity contribution in [2.24, 2.45) is 5.92 Å². The van der Waals surface area contributed by atoms with Gasteiger partial charge in [0.15, 0.2) is 0 Å². The summed E-state index contributed by atoms with van der Waals surface area (Å²) in [7, 11) is 0. The van der Waals surface area contributed by atoms with Gasteiger partial charge < -0.3 is 15.7 Å². The van der Waals surface area contributed by atoms with E-state index in [1.54, 1.807) is 0 Å². The molecule has 2 aliphatic rings. The molecule has 0 aliphatic heterocycles. The highest BCUT2D eigenvalue weighted by atomic mass is 16.3. The first-order valence-corrected chi connectivity index (χ1v) is 9.20.